The Morgan fingerprint density at radius 3 is 2.64 bits per heavy atom. The van der Waals surface area contributed by atoms with E-state index in [0.717, 1.165) is 37.9 Å². The Bertz CT molecular complexity index is 644. The third-order valence-corrected chi connectivity index (χ3v) is 5.24. The standard InChI is InChI=1S/C18H24N2O4.ClH/c1-23-15-4-3-12(9-13(15)17(22)24-2)11-20-16(21)14-10-18(14)5-7-19-8-6-18;/h3-4,9,14,19H,5-8,10-11H2,1-2H3,(H,20,21);1H. The van der Waals surface area contributed by atoms with E-state index in [0.29, 0.717) is 17.9 Å². The van der Waals surface area contributed by atoms with Crippen molar-refractivity contribution in [2.24, 2.45) is 11.3 Å². The van der Waals surface area contributed by atoms with Gasteiger partial charge in [-0.2, -0.15) is 0 Å². The molecular weight excluding hydrogens is 344 g/mol. The first-order valence-corrected chi connectivity index (χ1v) is 8.33. The lowest BCUT2D eigenvalue weighted by atomic mass is 9.92. The lowest BCUT2D eigenvalue weighted by Gasteiger charge is -2.23. The first-order valence-electron chi connectivity index (χ1n) is 8.33. The molecule has 1 saturated carbocycles. The summed E-state index contributed by atoms with van der Waals surface area (Å²) >= 11 is 0. The molecule has 0 aromatic heterocycles. The maximum atomic E-state index is 12.4. The molecule has 3 rings (SSSR count). The van der Waals surface area contributed by atoms with Gasteiger partial charge in [-0.05, 0) is 55.5 Å². The van der Waals surface area contributed by atoms with Gasteiger partial charge in [-0.3, -0.25) is 4.79 Å². The summed E-state index contributed by atoms with van der Waals surface area (Å²) in [4.78, 5) is 24.2. The number of hydrogen-bond donors (Lipinski definition) is 2. The summed E-state index contributed by atoms with van der Waals surface area (Å²) in [7, 11) is 2.84. The van der Waals surface area contributed by atoms with E-state index in [1.54, 1.807) is 12.1 Å². The van der Waals surface area contributed by atoms with E-state index in [4.69, 9.17) is 9.47 Å². The Kier molecular flexibility index (Phi) is 6.30. The minimum absolute atomic E-state index is 0. The summed E-state index contributed by atoms with van der Waals surface area (Å²) < 4.78 is 9.95. The maximum absolute atomic E-state index is 12.4. The number of esters is 1. The molecule has 1 aliphatic carbocycles. The molecule has 1 spiro atoms. The zero-order valence-electron chi connectivity index (χ0n) is 14.6. The zero-order chi connectivity index (χ0) is 17.2. The summed E-state index contributed by atoms with van der Waals surface area (Å²) in [6, 6.07) is 5.27. The first-order chi connectivity index (χ1) is 11.6. The number of ether oxygens (including phenoxy) is 2. The van der Waals surface area contributed by atoms with E-state index >= 15 is 0 Å². The van der Waals surface area contributed by atoms with Crippen LogP contribution in [0.15, 0.2) is 18.2 Å². The Labute approximate surface area is 154 Å². The number of piperidine rings is 1. The van der Waals surface area contributed by atoms with Gasteiger partial charge in [0.25, 0.3) is 0 Å². The van der Waals surface area contributed by atoms with Gasteiger partial charge < -0.3 is 20.1 Å². The molecule has 0 radical (unpaired) electrons. The second kappa shape index (κ2) is 8.06. The highest BCUT2D eigenvalue weighted by atomic mass is 35.5. The molecule has 7 heteroatoms. The molecule has 6 nitrogen and oxygen atoms in total. The smallest absolute Gasteiger partial charge is 0.341 e. The monoisotopic (exact) mass is 368 g/mol. The summed E-state index contributed by atoms with van der Waals surface area (Å²) in [5, 5.41) is 6.35. The van der Waals surface area contributed by atoms with Crippen molar-refractivity contribution in [2.75, 3.05) is 27.3 Å². The summed E-state index contributed by atoms with van der Waals surface area (Å²) in [6.07, 6.45) is 3.16. The van der Waals surface area contributed by atoms with Gasteiger partial charge in [0.2, 0.25) is 5.91 Å². The highest BCUT2D eigenvalue weighted by molar-refractivity contribution is 5.92. The SMILES string of the molecule is COC(=O)c1cc(CNC(=O)C2CC23CCNCC3)ccc1OC.Cl. The molecule has 1 amide bonds. The number of benzene rings is 1. The topological polar surface area (TPSA) is 76.7 Å². The van der Waals surface area contributed by atoms with Gasteiger partial charge in [-0.1, -0.05) is 6.07 Å². The van der Waals surface area contributed by atoms with Gasteiger partial charge in [0.05, 0.1) is 14.2 Å². The Morgan fingerprint density at radius 2 is 2.00 bits per heavy atom. The summed E-state index contributed by atoms with van der Waals surface area (Å²) in [5.41, 5.74) is 1.45. The van der Waals surface area contributed by atoms with Crippen LogP contribution >= 0.6 is 12.4 Å². The van der Waals surface area contributed by atoms with Crippen molar-refractivity contribution in [3.8, 4) is 5.75 Å². The largest absolute Gasteiger partial charge is 0.496 e. The van der Waals surface area contributed by atoms with Crippen molar-refractivity contribution in [1.82, 2.24) is 10.6 Å². The maximum Gasteiger partial charge on any atom is 0.341 e. The lowest BCUT2D eigenvalue weighted by molar-refractivity contribution is -0.123. The van der Waals surface area contributed by atoms with E-state index in [1.165, 1.54) is 14.2 Å². The molecular formula is C18H25ClN2O4. The van der Waals surface area contributed by atoms with Gasteiger partial charge in [0.15, 0.2) is 0 Å². The van der Waals surface area contributed by atoms with Crippen molar-refractivity contribution in [2.45, 2.75) is 25.8 Å². The molecule has 1 aromatic rings. The molecule has 1 aliphatic heterocycles. The second-order valence-electron chi connectivity index (χ2n) is 6.61. The van der Waals surface area contributed by atoms with Crippen LogP contribution in [0.1, 0.15) is 35.2 Å². The molecule has 25 heavy (non-hydrogen) atoms. The van der Waals surface area contributed by atoms with E-state index in [9.17, 15) is 9.59 Å². The number of carbonyl (C=O) groups is 2. The highest BCUT2D eigenvalue weighted by Gasteiger charge is 2.57. The van der Waals surface area contributed by atoms with Crippen LogP contribution in [-0.2, 0) is 16.1 Å². The summed E-state index contributed by atoms with van der Waals surface area (Å²) in [6.45, 7) is 2.41. The molecule has 1 saturated heterocycles. The molecule has 0 bridgehead atoms. The van der Waals surface area contributed by atoms with E-state index in [2.05, 4.69) is 10.6 Å². The van der Waals surface area contributed by atoms with Crippen LogP contribution in [0.25, 0.3) is 0 Å². The van der Waals surface area contributed by atoms with Gasteiger partial charge in [0, 0.05) is 12.5 Å². The van der Waals surface area contributed by atoms with Gasteiger partial charge in [-0.15, -0.1) is 12.4 Å². The van der Waals surface area contributed by atoms with Crippen LogP contribution in [0.4, 0.5) is 0 Å². The second-order valence-corrected chi connectivity index (χ2v) is 6.61. The van der Waals surface area contributed by atoms with E-state index in [-0.39, 0.29) is 29.6 Å². The van der Waals surface area contributed by atoms with Crippen LogP contribution in [0.3, 0.4) is 0 Å². The quantitative estimate of drug-likeness (QED) is 0.776. The van der Waals surface area contributed by atoms with E-state index in [1.807, 2.05) is 6.07 Å². The minimum atomic E-state index is -0.448. The van der Waals surface area contributed by atoms with Crippen LogP contribution in [0.2, 0.25) is 0 Å². The van der Waals surface area contributed by atoms with Crippen LogP contribution in [0, 0.1) is 11.3 Å². The van der Waals surface area contributed by atoms with E-state index < -0.39 is 5.97 Å². The molecule has 2 aliphatic rings. The van der Waals surface area contributed by atoms with Crippen molar-refractivity contribution in [3.63, 3.8) is 0 Å². The fourth-order valence-electron chi connectivity index (χ4n) is 3.64. The summed E-state index contributed by atoms with van der Waals surface area (Å²) in [5.74, 6) is 0.272. The molecule has 1 aromatic carbocycles. The molecule has 1 heterocycles. The number of hydrogen-bond acceptors (Lipinski definition) is 5. The predicted octanol–water partition coefficient (Wildman–Crippen LogP) is 1.91. The number of rotatable bonds is 5. The Balaban J connectivity index is 0.00000225. The van der Waals surface area contributed by atoms with Crippen LogP contribution in [-0.4, -0.2) is 39.2 Å². The Hall–Kier alpha value is -1.79. The fourth-order valence-corrected chi connectivity index (χ4v) is 3.64. The van der Waals surface area contributed by atoms with Gasteiger partial charge >= 0.3 is 5.97 Å². The third-order valence-electron chi connectivity index (χ3n) is 5.24. The van der Waals surface area contributed by atoms with Crippen LogP contribution in [0.5, 0.6) is 5.75 Å². The fraction of sp³-hybridized carbons (Fsp3) is 0.556. The lowest BCUT2D eigenvalue weighted by Crippen LogP contribution is -2.33. The van der Waals surface area contributed by atoms with Crippen LogP contribution < -0.4 is 15.4 Å². The van der Waals surface area contributed by atoms with Crippen molar-refractivity contribution >= 4 is 24.3 Å². The minimum Gasteiger partial charge on any atom is -0.496 e. The molecule has 1 atom stereocenters. The zero-order valence-corrected chi connectivity index (χ0v) is 15.4. The number of nitrogens with one attached hydrogen (secondary N) is 2. The van der Waals surface area contributed by atoms with Gasteiger partial charge in [-0.25, -0.2) is 4.79 Å². The average molecular weight is 369 g/mol. The average Bonchev–Trinajstić information content (AvgIpc) is 3.32. The van der Waals surface area contributed by atoms with Crippen molar-refractivity contribution in [3.05, 3.63) is 29.3 Å². The first kappa shape index (κ1) is 19.5. The predicted molar refractivity (Wildman–Crippen MR) is 96.1 cm³/mol. The normalized spacial score (nSPS) is 20.3. The number of halogens is 1. The van der Waals surface area contributed by atoms with Crippen molar-refractivity contribution in [1.29, 1.82) is 0 Å². The molecule has 2 fully saturated rings. The number of carbonyl (C=O) groups excluding carboxylic acids is 2. The number of amides is 1. The number of methoxy groups -OCH3 is 2. The highest BCUT2D eigenvalue weighted by Crippen LogP contribution is 2.58. The Morgan fingerprint density at radius 1 is 1.28 bits per heavy atom. The molecule has 138 valence electrons. The molecule has 2 N–H and O–H groups in total. The third kappa shape index (κ3) is 4.07. The van der Waals surface area contributed by atoms with Crippen molar-refractivity contribution < 1.29 is 19.1 Å². The van der Waals surface area contributed by atoms with Gasteiger partial charge in [0.1, 0.15) is 11.3 Å². The molecule has 1 unspecified atom stereocenters.